The molecule has 3 unspecified atom stereocenters. The Hall–Kier alpha value is -0.280. The summed E-state index contributed by atoms with van der Waals surface area (Å²) in [6.07, 6.45) is 2.13. The first-order chi connectivity index (χ1) is 8.06. The van der Waals surface area contributed by atoms with Gasteiger partial charge >= 0.3 is 0 Å². The summed E-state index contributed by atoms with van der Waals surface area (Å²) in [6.45, 7) is 2.84. The lowest BCUT2D eigenvalue weighted by Gasteiger charge is -2.18. The normalized spacial score (nSPS) is 26.1. The van der Waals surface area contributed by atoms with Crippen molar-refractivity contribution in [2.45, 2.75) is 31.9 Å². The van der Waals surface area contributed by atoms with Crippen LogP contribution in [0, 0.1) is 5.92 Å². The molecule has 3 atom stereocenters. The van der Waals surface area contributed by atoms with Crippen LogP contribution in [0.5, 0.6) is 0 Å². The standard InChI is InChI=1S/C13H17Cl2NO/c1-8-4-10(7-17-8)13(16)5-9-2-3-11(14)6-12(9)15/h2-3,6,8,10,13H,4-5,7,16H2,1H3. The fourth-order valence-electron chi connectivity index (χ4n) is 2.26. The van der Waals surface area contributed by atoms with Crippen LogP contribution in [0.1, 0.15) is 18.9 Å². The molecular weight excluding hydrogens is 257 g/mol. The molecule has 1 aromatic rings. The van der Waals surface area contributed by atoms with Gasteiger partial charge in [0.2, 0.25) is 0 Å². The number of hydrogen-bond acceptors (Lipinski definition) is 2. The second kappa shape index (κ2) is 5.57. The molecule has 0 aromatic heterocycles. The van der Waals surface area contributed by atoms with E-state index in [1.165, 1.54) is 0 Å². The van der Waals surface area contributed by atoms with Crippen molar-refractivity contribution in [1.29, 1.82) is 0 Å². The Morgan fingerprint density at radius 2 is 2.24 bits per heavy atom. The lowest BCUT2D eigenvalue weighted by Crippen LogP contribution is -2.32. The van der Waals surface area contributed by atoms with Crippen LogP contribution in [-0.4, -0.2) is 18.8 Å². The van der Waals surface area contributed by atoms with Crippen molar-refractivity contribution in [3.8, 4) is 0 Å². The number of halogens is 2. The smallest absolute Gasteiger partial charge is 0.0551 e. The van der Waals surface area contributed by atoms with E-state index in [4.69, 9.17) is 33.7 Å². The Morgan fingerprint density at radius 3 is 2.82 bits per heavy atom. The molecule has 2 nitrogen and oxygen atoms in total. The minimum Gasteiger partial charge on any atom is -0.378 e. The first-order valence-corrected chi connectivity index (χ1v) is 6.63. The summed E-state index contributed by atoms with van der Waals surface area (Å²) >= 11 is 12.0. The van der Waals surface area contributed by atoms with Crippen LogP contribution in [0.25, 0.3) is 0 Å². The predicted octanol–water partition coefficient (Wildman–Crippen LogP) is 3.29. The average molecular weight is 274 g/mol. The highest BCUT2D eigenvalue weighted by Crippen LogP contribution is 2.26. The van der Waals surface area contributed by atoms with E-state index in [0.29, 0.717) is 22.1 Å². The van der Waals surface area contributed by atoms with Gasteiger partial charge in [-0.25, -0.2) is 0 Å². The van der Waals surface area contributed by atoms with Crippen molar-refractivity contribution in [1.82, 2.24) is 0 Å². The van der Waals surface area contributed by atoms with Gasteiger partial charge in [0.25, 0.3) is 0 Å². The maximum absolute atomic E-state index is 6.21. The highest BCUT2D eigenvalue weighted by atomic mass is 35.5. The van der Waals surface area contributed by atoms with Gasteiger partial charge in [-0.15, -0.1) is 0 Å². The van der Waals surface area contributed by atoms with Gasteiger partial charge in [0.05, 0.1) is 12.7 Å². The van der Waals surface area contributed by atoms with Crippen molar-refractivity contribution >= 4 is 23.2 Å². The molecule has 1 fully saturated rings. The van der Waals surface area contributed by atoms with E-state index < -0.39 is 0 Å². The summed E-state index contributed by atoms with van der Waals surface area (Å²) in [7, 11) is 0. The first kappa shape index (κ1) is 13.2. The Balaban J connectivity index is 2.00. The first-order valence-electron chi connectivity index (χ1n) is 5.87. The summed E-state index contributed by atoms with van der Waals surface area (Å²) in [6, 6.07) is 5.66. The van der Waals surface area contributed by atoms with Crippen molar-refractivity contribution in [2.75, 3.05) is 6.61 Å². The fourth-order valence-corrected chi connectivity index (χ4v) is 2.74. The van der Waals surface area contributed by atoms with Crippen LogP contribution in [0.15, 0.2) is 18.2 Å². The quantitative estimate of drug-likeness (QED) is 0.918. The predicted molar refractivity (Wildman–Crippen MR) is 71.7 cm³/mol. The monoisotopic (exact) mass is 273 g/mol. The summed E-state index contributed by atoms with van der Waals surface area (Å²) < 4.78 is 5.54. The van der Waals surface area contributed by atoms with Crippen molar-refractivity contribution in [3.05, 3.63) is 33.8 Å². The van der Waals surface area contributed by atoms with Gasteiger partial charge in [-0.3, -0.25) is 0 Å². The summed E-state index contributed by atoms with van der Waals surface area (Å²) in [5.41, 5.74) is 7.27. The molecule has 1 saturated heterocycles. The minimum atomic E-state index is 0.0959. The van der Waals surface area contributed by atoms with Crippen LogP contribution in [-0.2, 0) is 11.2 Å². The Morgan fingerprint density at radius 1 is 1.47 bits per heavy atom. The molecule has 1 aromatic carbocycles. The summed E-state index contributed by atoms with van der Waals surface area (Å²) in [5.74, 6) is 0.428. The van der Waals surface area contributed by atoms with E-state index in [9.17, 15) is 0 Å². The van der Waals surface area contributed by atoms with E-state index in [2.05, 4.69) is 6.92 Å². The second-order valence-corrected chi connectivity index (χ2v) is 5.59. The molecule has 2 rings (SSSR count). The lowest BCUT2D eigenvalue weighted by atomic mass is 9.92. The third-order valence-electron chi connectivity index (χ3n) is 3.31. The second-order valence-electron chi connectivity index (χ2n) is 4.74. The molecule has 0 aliphatic carbocycles. The maximum atomic E-state index is 6.21. The number of nitrogens with two attached hydrogens (primary N) is 1. The van der Waals surface area contributed by atoms with Gasteiger partial charge < -0.3 is 10.5 Å². The number of ether oxygens (including phenoxy) is 1. The van der Waals surface area contributed by atoms with Crippen LogP contribution in [0.2, 0.25) is 10.0 Å². The van der Waals surface area contributed by atoms with Crippen molar-refractivity contribution in [3.63, 3.8) is 0 Å². The van der Waals surface area contributed by atoms with Crippen molar-refractivity contribution < 1.29 is 4.74 Å². The third kappa shape index (κ3) is 3.35. The Bertz CT molecular complexity index is 397. The number of benzene rings is 1. The van der Waals surface area contributed by atoms with Gasteiger partial charge in [-0.2, -0.15) is 0 Å². The molecule has 94 valence electrons. The Kier molecular flexibility index (Phi) is 4.31. The maximum Gasteiger partial charge on any atom is 0.0551 e. The zero-order chi connectivity index (χ0) is 12.4. The molecule has 1 aliphatic rings. The van der Waals surface area contributed by atoms with Gasteiger partial charge in [0, 0.05) is 22.0 Å². The average Bonchev–Trinajstić information content (AvgIpc) is 2.69. The zero-order valence-corrected chi connectivity index (χ0v) is 11.3. The molecular formula is C13H17Cl2NO. The molecule has 0 spiro atoms. The van der Waals surface area contributed by atoms with Crippen LogP contribution < -0.4 is 5.73 Å². The molecule has 0 radical (unpaired) electrons. The van der Waals surface area contributed by atoms with E-state index in [1.807, 2.05) is 12.1 Å². The zero-order valence-electron chi connectivity index (χ0n) is 9.83. The van der Waals surface area contributed by atoms with Crippen molar-refractivity contribution in [2.24, 2.45) is 11.7 Å². The van der Waals surface area contributed by atoms with Crippen LogP contribution >= 0.6 is 23.2 Å². The third-order valence-corrected chi connectivity index (χ3v) is 3.89. The molecule has 17 heavy (non-hydrogen) atoms. The molecule has 1 aliphatic heterocycles. The minimum absolute atomic E-state index is 0.0959. The lowest BCUT2D eigenvalue weighted by molar-refractivity contribution is 0.118. The molecule has 0 bridgehead atoms. The largest absolute Gasteiger partial charge is 0.378 e. The molecule has 0 amide bonds. The number of hydrogen-bond donors (Lipinski definition) is 1. The van der Waals surface area contributed by atoms with E-state index in [0.717, 1.165) is 25.0 Å². The molecule has 4 heteroatoms. The summed E-state index contributed by atoms with van der Waals surface area (Å²) in [5, 5.41) is 1.35. The topological polar surface area (TPSA) is 35.2 Å². The van der Waals surface area contributed by atoms with E-state index in [-0.39, 0.29) is 6.04 Å². The Labute approximate surface area is 112 Å². The molecule has 0 saturated carbocycles. The van der Waals surface area contributed by atoms with E-state index in [1.54, 1.807) is 6.07 Å². The van der Waals surface area contributed by atoms with Gasteiger partial charge in [-0.05, 0) is 37.5 Å². The van der Waals surface area contributed by atoms with Gasteiger partial charge in [-0.1, -0.05) is 29.3 Å². The summed E-state index contributed by atoms with van der Waals surface area (Å²) in [4.78, 5) is 0. The van der Waals surface area contributed by atoms with Gasteiger partial charge in [0.15, 0.2) is 0 Å². The van der Waals surface area contributed by atoms with E-state index >= 15 is 0 Å². The van der Waals surface area contributed by atoms with Crippen LogP contribution in [0.3, 0.4) is 0 Å². The molecule has 1 heterocycles. The number of rotatable bonds is 3. The molecule has 2 N–H and O–H groups in total. The highest BCUT2D eigenvalue weighted by molar-refractivity contribution is 6.35. The SMILES string of the molecule is CC1CC(C(N)Cc2ccc(Cl)cc2Cl)CO1. The fraction of sp³-hybridized carbons (Fsp3) is 0.538. The van der Waals surface area contributed by atoms with Gasteiger partial charge in [0.1, 0.15) is 0 Å². The van der Waals surface area contributed by atoms with Crippen LogP contribution in [0.4, 0.5) is 0 Å². The highest BCUT2D eigenvalue weighted by Gasteiger charge is 2.27.